The molecule has 2 aliphatic rings. The van der Waals surface area contributed by atoms with Crippen molar-refractivity contribution in [3.05, 3.63) is 0 Å². The highest BCUT2D eigenvalue weighted by molar-refractivity contribution is 4.93. The van der Waals surface area contributed by atoms with E-state index in [1.54, 1.807) is 19.3 Å². The topological polar surface area (TPSA) is 0 Å². The fourth-order valence-electron chi connectivity index (χ4n) is 3.50. The Morgan fingerprint density at radius 2 is 1.92 bits per heavy atom. The maximum atomic E-state index is 2.46. The zero-order chi connectivity index (χ0) is 8.55. The van der Waals surface area contributed by atoms with Gasteiger partial charge >= 0.3 is 0 Å². The van der Waals surface area contributed by atoms with E-state index in [9.17, 15) is 0 Å². The predicted molar refractivity (Wildman–Crippen MR) is 53.0 cm³/mol. The summed E-state index contributed by atoms with van der Waals surface area (Å²) >= 11 is 0. The highest BCUT2D eigenvalue weighted by Crippen LogP contribution is 2.52. The van der Waals surface area contributed by atoms with Crippen molar-refractivity contribution in [1.82, 2.24) is 0 Å². The number of rotatable bonds is 3. The Labute approximate surface area is 76.7 Å². The summed E-state index contributed by atoms with van der Waals surface area (Å²) in [6.45, 7) is 4.77. The summed E-state index contributed by atoms with van der Waals surface area (Å²) in [7, 11) is 0. The van der Waals surface area contributed by atoms with Crippen LogP contribution >= 0.6 is 0 Å². The summed E-state index contributed by atoms with van der Waals surface area (Å²) in [6, 6.07) is 0. The van der Waals surface area contributed by atoms with Gasteiger partial charge in [0.1, 0.15) is 0 Å². The zero-order valence-corrected chi connectivity index (χ0v) is 8.55. The molecule has 0 amide bonds. The molecule has 0 aromatic rings. The van der Waals surface area contributed by atoms with Gasteiger partial charge in [0.15, 0.2) is 0 Å². The maximum Gasteiger partial charge on any atom is -0.0380 e. The summed E-state index contributed by atoms with van der Waals surface area (Å²) < 4.78 is 0. The van der Waals surface area contributed by atoms with Crippen molar-refractivity contribution in [1.29, 1.82) is 0 Å². The molecule has 0 spiro atoms. The van der Waals surface area contributed by atoms with Crippen LogP contribution in [0.2, 0.25) is 0 Å². The van der Waals surface area contributed by atoms with Gasteiger partial charge in [-0.2, -0.15) is 0 Å². The van der Waals surface area contributed by atoms with Crippen LogP contribution in [0.3, 0.4) is 0 Å². The second-order valence-electron chi connectivity index (χ2n) is 5.11. The second-order valence-corrected chi connectivity index (χ2v) is 5.11. The molecule has 2 bridgehead atoms. The first-order chi connectivity index (χ1) is 5.81. The highest BCUT2D eigenvalue weighted by Gasteiger charge is 2.42. The van der Waals surface area contributed by atoms with Crippen molar-refractivity contribution in [3.63, 3.8) is 0 Å². The van der Waals surface area contributed by atoms with Crippen LogP contribution in [0.5, 0.6) is 0 Å². The van der Waals surface area contributed by atoms with Gasteiger partial charge in [0.05, 0.1) is 0 Å². The molecule has 0 aliphatic heterocycles. The lowest BCUT2D eigenvalue weighted by atomic mass is 9.81. The highest BCUT2D eigenvalue weighted by atomic mass is 14.5. The van der Waals surface area contributed by atoms with E-state index >= 15 is 0 Å². The van der Waals surface area contributed by atoms with Crippen LogP contribution in [0.15, 0.2) is 0 Å². The molecule has 2 rings (SSSR count). The third kappa shape index (κ3) is 1.41. The van der Waals surface area contributed by atoms with E-state index in [0.29, 0.717) is 0 Å². The molecular formula is C12H22. The van der Waals surface area contributed by atoms with Gasteiger partial charge in [-0.3, -0.25) is 0 Å². The van der Waals surface area contributed by atoms with Crippen molar-refractivity contribution in [2.45, 2.75) is 52.4 Å². The number of fused-ring (bicyclic) bond motifs is 2. The third-order valence-corrected chi connectivity index (χ3v) is 4.29. The van der Waals surface area contributed by atoms with E-state index in [1.165, 1.54) is 19.3 Å². The van der Waals surface area contributed by atoms with Gasteiger partial charge < -0.3 is 0 Å². The van der Waals surface area contributed by atoms with Crippen molar-refractivity contribution in [3.8, 4) is 0 Å². The molecule has 70 valence electrons. The van der Waals surface area contributed by atoms with Crippen LogP contribution in [0.1, 0.15) is 52.4 Å². The molecule has 2 fully saturated rings. The molecule has 2 saturated carbocycles. The molecule has 0 aromatic carbocycles. The molecule has 0 nitrogen and oxygen atoms in total. The minimum Gasteiger partial charge on any atom is -0.0654 e. The van der Waals surface area contributed by atoms with E-state index in [4.69, 9.17) is 0 Å². The lowest BCUT2D eigenvalue weighted by Gasteiger charge is -2.25. The van der Waals surface area contributed by atoms with E-state index < -0.39 is 0 Å². The lowest BCUT2D eigenvalue weighted by molar-refractivity contribution is 0.255. The predicted octanol–water partition coefficient (Wildman–Crippen LogP) is 3.86. The third-order valence-electron chi connectivity index (χ3n) is 4.29. The van der Waals surface area contributed by atoms with Gasteiger partial charge in [-0.15, -0.1) is 0 Å². The molecule has 0 N–H and O–H groups in total. The molecule has 0 heterocycles. The summed E-state index contributed by atoms with van der Waals surface area (Å²) in [5, 5.41) is 0. The van der Waals surface area contributed by atoms with Gasteiger partial charge in [-0.25, -0.2) is 0 Å². The summed E-state index contributed by atoms with van der Waals surface area (Å²) in [5.74, 6) is 4.45. The Kier molecular flexibility index (Phi) is 2.43. The molecule has 4 unspecified atom stereocenters. The number of hydrogen-bond donors (Lipinski definition) is 0. The first-order valence-corrected chi connectivity index (χ1v) is 5.81. The molecule has 0 heteroatoms. The van der Waals surface area contributed by atoms with Crippen LogP contribution in [-0.2, 0) is 0 Å². The second kappa shape index (κ2) is 3.40. The Morgan fingerprint density at radius 3 is 2.42 bits per heavy atom. The van der Waals surface area contributed by atoms with Gasteiger partial charge in [0.2, 0.25) is 0 Å². The minimum atomic E-state index is 1.06. The summed E-state index contributed by atoms with van der Waals surface area (Å²) in [5.41, 5.74) is 0. The minimum absolute atomic E-state index is 1.06. The fourth-order valence-corrected chi connectivity index (χ4v) is 3.50. The Bertz CT molecular complexity index is 148. The first kappa shape index (κ1) is 8.59. The Balaban J connectivity index is 1.82. The van der Waals surface area contributed by atoms with Crippen molar-refractivity contribution in [2.24, 2.45) is 23.7 Å². The molecule has 4 atom stereocenters. The molecule has 2 aliphatic carbocycles. The molecule has 0 aromatic heterocycles. The van der Waals surface area contributed by atoms with E-state index in [1.807, 2.05) is 0 Å². The van der Waals surface area contributed by atoms with Crippen molar-refractivity contribution in [2.75, 3.05) is 0 Å². The molecule has 12 heavy (non-hydrogen) atoms. The van der Waals surface area contributed by atoms with E-state index in [-0.39, 0.29) is 0 Å². The van der Waals surface area contributed by atoms with Crippen LogP contribution in [-0.4, -0.2) is 0 Å². The molecule has 0 radical (unpaired) electrons. The normalized spacial score (nSPS) is 45.5. The van der Waals surface area contributed by atoms with Crippen LogP contribution in [0.25, 0.3) is 0 Å². The SMILES string of the molecule is CCCCC1CC2CC1CC2C. The molecular weight excluding hydrogens is 144 g/mol. The molecule has 0 saturated heterocycles. The average molecular weight is 166 g/mol. The van der Waals surface area contributed by atoms with Gasteiger partial charge in [0, 0.05) is 0 Å². The standard InChI is InChI=1S/C12H22/c1-3-4-5-10-7-11-8-12(10)6-9(11)2/h9-12H,3-8H2,1-2H3. The summed E-state index contributed by atoms with van der Waals surface area (Å²) in [6.07, 6.45) is 9.11. The lowest BCUT2D eigenvalue weighted by Crippen LogP contribution is -2.15. The Hall–Kier alpha value is 0. The van der Waals surface area contributed by atoms with Crippen LogP contribution in [0, 0.1) is 23.7 Å². The first-order valence-electron chi connectivity index (χ1n) is 5.81. The maximum absolute atomic E-state index is 2.46. The van der Waals surface area contributed by atoms with E-state index in [2.05, 4.69) is 13.8 Å². The zero-order valence-electron chi connectivity index (χ0n) is 8.55. The number of hydrogen-bond acceptors (Lipinski definition) is 0. The van der Waals surface area contributed by atoms with Crippen molar-refractivity contribution >= 4 is 0 Å². The number of unbranched alkanes of at least 4 members (excludes halogenated alkanes) is 1. The summed E-state index contributed by atoms with van der Waals surface area (Å²) in [4.78, 5) is 0. The Morgan fingerprint density at radius 1 is 1.08 bits per heavy atom. The monoisotopic (exact) mass is 166 g/mol. The van der Waals surface area contributed by atoms with Gasteiger partial charge in [-0.05, 0) is 42.9 Å². The van der Waals surface area contributed by atoms with E-state index in [0.717, 1.165) is 23.7 Å². The quantitative estimate of drug-likeness (QED) is 0.597. The van der Waals surface area contributed by atoms with Gasteiger partial charge in [-0.1, -0.05) is 33.1 Å². The van der Waals surface area contributed by atoms with Gasteiger partial charge in [0.25, 0.3) is 0 Å². The smallest absolute Gasteiger partial charge is 0.0380 e. The van der Waals surface area contributed by atoms with Crippen molar-refractivity contribution < 1.29 is 0 Å². The fraction of sp³-hybridized carbons (Fsp3) is 1.00. The average Bonchev–Trinajstić information content (AvgIpc) is 2.58. The largest absolute Gasteiger partial charge is 0.0654 e. The van der Waals surface area contributed by atoms with Crippen LogP contribution in [0.4, 0.5) is 0 Å². The van der Waals surface area contributed by atoms with Crippen LogP contribution < -0.4 is 0 Å².